The largest absolute Gasteiger partial charge is 0.486 e. The van der Waals surface area contributed by atoms with Gasteiger partial charge < -0.3 is 19.2 Å². The fourth-order valence-electron chi connectivity index (χ4n) is 3.67. The molecule has 0 bridgehead atoms. The van der Waals surface area contributed by atoms with E-state index in [9.17, 15) is 13.2 Å². The van der Waals surface area contributed by atoms with Gasteiger partial charge in [-0.2, -0.15) is 4.31 Å². The zero-order chi connectivity index (χ0) is 22.7. The predicted molar refractivity (Wildman–Crippen MR) is 120 cm³/mol. The molecule has 1 saturated heterocycles. The van der Waals surface area contributed by atoms with Crippen LogP contribution in [0.15, 0.2) is 53.8 Å². The normalized spacial score (nSPS) is 14.9. The number of aryl methyl sites for hydroxylation is 2. The second-order valence-electron chi connectivity index (χ2n) is 7.86. The Balaban J connectivity index is 1.41. The summed E-state index contributed by atoms with van der Waals surface area (Å²) in [5.41, 5.74) is 0.858. The number of imidazole rings is 1. The first-order valence-corrected chi connectivity index (χ1v) is 12.0. The van der Waals surface area contributed by atoms with Crippen LogP contribution in [0.5, 0.6) is 5.75 Å². The van der Waals surface area contributed by atoms with E-state index in [-0.39, 0.29) is 16.5 Å². The number of carbonyl (C=O) groups excluding carboxylic acids is 1. The molecular formula is C22H27N5O4S. The van der Waals surface area contributed by atoms with Gasteiger partial charge in [0.05, 0.1) is 0 Å². The molecule has 3 heterocycles. The minimum Gasteiger partial charge on any atom is -0.486 e. The number of amides is 1. The number of rotatable bonds is 7. The Morgan fingerprint density at radius 1 is 1.09 bits per heavy atom. The van der Waals surface area contributed by atoms with E-state index in [1.807, 2.05) is 17.8 Å². The Kier molecular flexibility index (Phi) is 6.33. The minimum atomic E-state index is -3.59. The van der Waals surface area contributed by atoms with Crippen molar-refractivity contribution in [1.82, 2.24) is 18.4 Å². The van der Waals surface area contributed by atoms with Gasteiger partial charge in [-0.25, -0.2) is 13.4 Å². The Labute approximate surface area is 187 Å². The molecule has 0 unspecified atom stereocenters. The number of hydrogen-bond acceptors (Lipinski definition) is 5. The molecule has 4 rings (SSSR count). The first kappa shape index (κ1) is 22.1. The molecule has 10 heteroatoms. The number of carbonyl (C=O) groups is 1. The van der Waals surface area contributed by atoms with Crippen LogP contribution in [0.4, 0.5) is 5.69 Å². The summed E-state index contributed by atoms with van der Waals surface area (Å²) in [6.07, 6.45) is 7.82. The molecular weight excluding hydrogens is 430 g/mol. The van der Waals surface area contributed by atoms with E-state index in [4.69, 9.17) is 4.74 Å². The number of nitrogens with zero attached hydrogens (tertiary/aromatic N) is 4. The molecule has 1 amide bonds. The summed E-state index contributed by atoms with van der Waals surface area (Å²) in [5, 5.41) is 2.81. The van der Waals surface area contributed by atoms with Gasteiger partial charge in [-0.15, -0.1) is 0 Å². The first-order chi connectivity index (χ1) is 15.3. The van der Waals surface area contributed by atoms with E-state index >= 15 is 0 Å². The van der Waals surface area contributed by atoms with Crippen molar-refractivity contribution in [2.24, 2.45) is 14.1 Å². The van der Waals surface area contributed by atoms with E-state index in [0.29, 0.717) is 31.1 Å². The lowest BCUT2D eigenvalue weighted by Crippen LogP contribution is -2.35. The van der Waals surface area contributed by atoms with Crippen molar-refractivity contribution in [3.05, 3.63) is 60.4 Å². The molecule has 32 heavy (non-hydrogen) atoms. The highest BCUT2D eigenvalue weighted by molar-refractivity contribution is 7.89. The summed E-state index contributed by atoms with van der Waals surface area (Å²) in [6.45, 7) is 1.38. The maximum absolute atomic E-state index is 12.9. The number of nitrogens with one attached hydrogen (secondary N) is 1. The van der Waals surface area contributed by atoms with Crippen molar-refractivity contribution >= 4 is 21.6 Å². The Morgan fingerprint density at radius 3 is 2.47 bits per heavy atom. The molecule has 9 nitrogen and oxygen atoms in total. The van der Waals surface area contributed by atoms with Gasteiger partial charge in [-0.05, 0) is 43.2 Å². The fraction of sp³-hybridized carbons (Fsp3) is 0.364. The molecule has 3 aromatic rings. The third-order valence-corrected chi connectivity index (χ3v) is 7.43. The highest BCUT2D eigenvalue weighted by Crippen LogP contribution is 2.23. The number of aromatic nitrogens is 3. The summed E-state index contributed by atoms with van der Waals surface area (Å²) < 4.78 is 36.4. The fourth-order valence-corrected chi connectivity index (χ4v) is 5.26. The van der Waals surface area contributed by atoms with E-state index in [1.54, 1.807) is 37.5 Å². The van der Waals surface area contributed by atoms with E-state index in [0.717, 1.165) is 25.1 Å². The smallest absolute Gasteiger partial charge is 0.272 e. The molecule has 0 spiro atoms. The van der Waals surface area contributed by atoms with Crippen LogP contribution in [0, 0.1) is 0 Å². The van der Waals surface area contributed by atoms with Gasteiger partial charge in [-0.1, -0.05) is 6.42 Å². The second-order valence-corrected chi connectivity index (χ2v) is 9.80. The number of benzene rings is 1. The zero-order valence-corrected chi connectivity index (χ0v) is 19.0. The van der Waals surface area contributed by atoms with Gasteiger partial charge in [0, 0.05) is 51.5 Å². The summed E-state index contributed by atoms with van der Waals surface area (Å²) in [5.74, 6) is 1.08. The average Bonchev–Trinajstić information content (AvgIpc) is 3.39. The van der Waals surface area contributed by atoms with Gasteiger partial charge in [0.15, 0.2) is 0 Å². The van der Waals surface area contributed by atoms with Crippen molar-refractivity contribution in [1.29, 1.82) is 0 Å². The molecule has 170 valence electrons. The van der Waals surface area contributed by atoms with Crippen LogP contribution >= 0.6 is 0 Å². The molecule has 1 fully saturated rings. The maximum atomic E-state index is 12.9. The summed E-state index contributed by atoms with van der Waals surface area (Å²) in [6, 6.07) is 8.43. The van der Waals surface area contributed by atoms with Gasteiger partial charge in [-0.3, -0.25) is 4.79 Å². The maximum Gasteiger partial charge on any atom is 0.272 e. The zero-order valence-electron chi connectivity index (χ0n) is 18.2. The number of anilines is 1. The molecule has 0 atom stereocenters. The van der Waals surface area contributed by atoms with Crippen molar-refractivity contribution < 1.29 is 17.9 Å². The van der Waals surface area contributed by atoms with Gasteiger partial charge in [0.1, 0.15) is 28.8 Å². The van der Waals surface area contributed by atoms with Crippen molar-refractivity contribution in [2.45, 2.75) is 30.8 Å². The van der Waals surface area contributed by atoms with Gasteiger partial charge in [0.25, 0.3) is 5.91 Å². The minimum absolute atomic E-state index is 0.144. The third kappa shape index (κ3) is 4.71. The standard InChI is InChI=1S/C22H27N5O4S/c1-25-13-10-23-21(25)16-31-18-8-6-17(7-9-18)24-22(28)20-14-19(15-26(20)2)32(29,30)27-11-4-3-5-12-27/h6-10,13-15H,3-5,11-12,16H2,1-2H3,(H,24,28). The predicted octanol–water partition coefficient (Wildman–Crippen LogP) is 2.76. The lowest BCUT2D eigenvalue weighted by Gasteiger charge is -2.25. The van der Waals surface area contributed by atoms with Crippen molar-refractivity contribution in [3.63, 3.8) is 0 Å². The van der Waals surface area contributed by atoms with Crippen LogP contribution in [0.25, 0.3) is 0 Å². The number of sulfonamides is 1. The lowest BCUT2D eigenvalue weighted by molar-refractivity contribution is 0.101. The molecule has 2 aromatic heterocycles. The van der Waals surface area contributed by atoms with Crippen molar-refractivity contribution in [2.75, 3.05) is 18.4 Å². The monoisotopic (exact) mass is 457 g/mol. The number of ether oxygens (including phenoxy) is 1. The van der Waals surface area contributed by atoms with Crippen LogP contribution in [0.1, 0.15) is 35.6 Å². The van der Waals surface area contributed by atoms with Crippen LogP contribution in [0.2, 0.25) is 0 Å². The molecule has 1 aliphatic rings. The Bertz CT molecular complexity index is 1190. The molecule has 1 aliphatic heterocycles. The first-order valence-electron chi connectivity index (χ1n) is 10.5. The van der Waals surface area contributed by atoms with Crippen LogP contribution < -0.4 is 10.1 Å². The molecule has 1 aromatic carbocycles. The highest BCUT2D eigenvalue weighted by Gasteiger charge is 2.28. The van der Waals surface area contributed by atoms with Crippen molar-refractivity contribution in [3.8, 4) is 5.75 Å². The summed E-state index contributed by atoms with van der Waals surface area (Å²) in [4.78, 5) is 17.1. The van der Waals surface area contributed by atoms with Crippen LogP contribution in [-0.2, 0) is 30.7 Å². The Hall–Kier alpha value is -3.11. The van der Waals surface area contributed by atoms with Crippen LogP contribution in [0.3, 0.4) is 0 Å². The summed E-state index contributed by atoms with van der Waals surface area (Å²) >= 11 is 0. The SMILES string of the molecule is Cn1cc(S(=O)(=O)N2CCCCC2)cc1C(=O)Nc1ccc(OCc2nccn2C)cc1. The topological polar surface area (TPSA) is 98.5 Å². The van der Waals surface area contributed by atoms with Gasteiger partial charge >= 0.3 is 0 Å². The average molecular weight is 458 g/mol. The van der Waals surface area contributed by atoms with E-state index < -0.39 is 10.0 Å². The molecule has 1 N–H and O–H groups in total. The molecule has 0 radical (unpaired) electrons. The molecule has 0 aliphatic carbocycles. The van der Waals surface area contributed by atoms with Gasteiger partial charge in [0.2, 0.25) is 10.0 Å². The second kappa shape index (κ2) is 9.17. The van der Waals surface area contributed by atoms with Crippen LogP contribution in [-0.4, -0.2) is 45.8 Å². The molecule has 0 saturated carbocycles. The number of hydrogen-bond donors (Lipinski definition) is 1. The third-order valence-electron chi connectivity index (χ3n) is 5.57. The van der Waals surface area contributed by atoms with E-state index in [1.165, 1.54) is 21.1 Å². The quantitative estimate of drug-likeness (QED) is 0.588. The Morgan fingerprint density at radius 2 is 1.81 bits per heavy atom. The number of piperidine rings is 1. The lowest BCUT2D eigenvalue weighted by atomic mass is 10.2. The highest BCUT2D eigenvalue weighted by atomic mass is 32.2. The van der Waals surface area contributed by atoms with E-state index in [2.05, 4.69) is 10.3 Å². The summed E-state index contributed by atoms with van der Waals surface area (Å²) in [7, 11) is -0.0294.